The maximum absolute atomic E-state index is 5.94. The van der Waals surface area contributed by atoms with Gasteiger partial charge in [0, 0.05) is 22.3 Å². The molecule has 0 unspecified atom stereocenters. The monoisotopic (exact) mass is 308 g/mol. The Morgan fingerprint density at radius 2 is 1.04 bits per heavy atom. The number of rotatable bonds is 4. The van der Waals surface area contributed by atoms with E-state index in [1.165, 1.54) is 0 Å². The summed E-state index contributed by atoms with van der Waals surface area (Å²) in [6, 6.07) is 16.0. The zero-order valence-electron chi connectivity index (χ0n) is 13.8. The van der Waals surface area contributed by atoms with Crippen LogP contribution < -0.4 is 9.47 Å². The molecule has 0 amide bonds. The number of benzene rings is 2. The van der Waals surface area contributed by atoms with Crippen LogP contribution in [0.2, 0.25) is 0 Å². The van der Waals surface area contributed by atoms with E-state index in [1.54, 1.807) is 14.2 Å². The van der Waals surface area contributed by atoms with Crippen molar-refractivity contribution in [2.45, 2.75) is 13.8 Å². The molecule has 0 aliphatic carbocycles. The highest BCUT2D eigenvalue weighted by atomic mass is 16.5. The lowest BCUT2D eigenvalue weighted by atomic mass is 9.94. The molecule has 0 bridgehead atoms. The maximum atomic E-state index is 5.94. The molecule has 2 aromatic carbocycles. The first-order valence-corrected chi connectivity index (χ1v) is 7.54. The van der Waals surface area contributed by atoms with Crippen molar-refractivity contribution in [3.63, 3.8) is 0 Å². The third-order valence-corrected chi connectivity index (χ3v) is 4.01. The fourth-order valence-electron chi connectivity index (χ4n) is 3.03. The van der Waals surface area contributed by atoms with E-state index in [1.807, 2.05) is 50.2 Å². The highest BCUT2D eigenvalue weighted by Crippen LogP contribution is 2.45. The molecule has 0 saturated heterocycles. The van der Waals surface area contributed by atoms with Crippen molar-refractivity contribution in [1.29, 1.82) is 0 Å². The summed E-state index contributed by atoms with van der Waals surface area (Å²) in [6.45, 7) is 3.96. The summed E-state index contributed by atoms with van der Waals surface area (Å²) in [7, 11) is 3.37. The summed E-state index contributed by atoms with van der Waals surface area (Å²) in [5, 5.41) is 0. The van der Waals surface area contributed by atoms with Crippen LogP contribution in [-0.2, 0) is 0 Å². The first-order valence-electron chi connectivity index (χ1n) is 7.54. The lowest BCUT2D eigenvalue weighted by Crippen LogP contribution is -1.92. The first-order chi connectivity index (χ1) is 11.2. The topological polar surface area (TPSA) is 31.6 Å². The van der Waals surface area contributed by atoms with Gasteiger partial charge < -0.3 is 13.9 Å². The van der Waals surface area contributed by atoms with Crippen LogP contribution in [0.15, 0.2) is 52.9 Å². The molecule has 3 nitrogen and oxygen atoms in total. The second-order valence-electron chi connectivity index (χ2n) is 5.37. The van der Waals surface area contributed by atoms with Crippen molar-refractivity contribution in [2.24, 2.45) is 0 Å². The average molecular weight is 308 g/mol. The molecule has 0 N–H and O–H groups in total. The molecule has 1 heterocycles. The van der Waals surface area contributed by atoms with E-state index in [0.717, 1.165) is 45.3 Å². The van der Waals surface area contributed by atoms with Gasteiger partial charge in [0.15, 0.2) is 0 Å². The van der Waals surface area contributed by atoms with Crippen molar-refractivity contribution < 1.29 is 13.9 Å². The summed E-state index contributed by atoms with van der Waals surface area (Å²) in [5.41, 5.74) is 4.13. The van der Waals surface area contributed by atoms with Crippen LogP contribution >= 0.6 is 0 Å². The minimum Gasteiger partial charge on any atom is -0.496 e. The molecule has 0 fully saturated rings. The molecule has 23 heavy (non-hydrogen) atoms. The van der Waals surface area contributed by atoms with Gasteiger partial charge in [0.25, 0.3) is 0 Å². The van der Waals surface area contributed by atoms with E-state index in [-0.39, 0.29) is 0 Å². The normalized spacial score (nSPS) is 10.6. The third-order valence-electron chi connectivity index (χ3n) is 4.01. The van der Waals surface area contributed by atoms with E-state index in [2.05, 4.69) is 12.1 Å². The van der Waals surface area contributed by atoms with Gasteiger partial charge in [-0.25, -0.2) is 0 Å². The van der Waals surface area contributed by atoms with Gasteiger partial charge in [0.2, 0.25) is 0 Å². The summed E-state index contributed by atoms with van der Waals surface area (Å²) in [4.78, 5) is 0. The molecule has 0 atom stereocenters. The van der Waals surface area contributed by atoms with Crippen LogP contribution in [0.5, 0.6) is 11.5 Å². The van der Waals surface area contributed by atoms with Gasteiger partial charge >= 0.3 is 0 Å². The molecule has 0 aliphatic heterocycles. The van der Waals surface area contributed by atoms with E-state index >= 15 is 0 Å². The Labute approximate surface area is 136 Å². The number of methoxy groups -OCH3 is 2. The predicted octanol–water partition coefficient (Wildman–Crippen LogP) is 5.25. The highest BCUT2D eigenvalue weighted by Gasteiger charge is 2.22. The lowest BCUT2D eigenvalue weighted by Gasteiger charge is -2.12. The van der Waals surface area contributed by atoms with Gasteiger partial charge in [0.1, 0.15) is 23.0 Å². The van der Waals surface area contributed by atoms with Crippen LogP contribution in [0.3, 0.4) is 0 Å². The van der Waals surface area contributed by atoms with E-state index in [9.17, 15) is 0 Å². The van der Waals surface area contributed by atoms with Crippen molar-refractivity contribution in [1.82, 2.24) is 0 Å². The molecule has 118 valence electrons. The Balaban J connectivity index is 2.32. The number of hydrogen-bond acceptors (Lipinski definition) is 3. The Morgan fingerprint density at radius 1 is 0.652 bits per heavy atom. The van der Waals surface area contributed by atoms with Crippen LogP contribution in [0, 0.1) is 13.8 Å². The molecule has 3 rings (SSSR count). The number of aryl methyl sites for hydroxylation is 2. The number of para-hydroxylation sites is 2. The van der Waals surface area contributed by atoms with Crippen molar-refractivity contribution in [3.8, 4) is 33.8 Å². The maximum Gasteiger partial charge on any atom is 0.126 e. The SMILES string of the molecule is COc1ccccc1-c1c(C)oc(C)c1-c1ccccc1OC. The Bertz CT molecular complexity index is 763. The van der Waals surface area contributed by atoms with E-state index < -0.39 is 0 Å². The summed E-state index contributed by atoms with van der Waals surface area (Å²) in [5.74, 6) is 3.39. The van der Waals surface area contributed by atoms with Gasteiger partial charge in [-0.2, -0.15) is 0 Å². The molecule has 0 aliphatic rings. The van der Waals surface area contributed by atoms with Gasteiger partial charge in [-0.1, -0.05) is 36.4 Å². The minimum absolute atomic E-state index is 0.826. The summed E-state index contributed by atoms with van der Waals surface area (Å²) < 4.78 is 17.0. The molecule has 3 aromatic rings. The highest BCUT2D eigenvalue weighted by molar-refractivity contribution is 5.90. The van der Waals surface area contributed by atoms with E-state index in [0.29, 0.717) is 0 Å². The third kappa shape index (κ3) is 2.59. The fourth-order valence-corrected chi connectivity index (χ4v) is 3.03. The predicted molar refractivity (Wildman–Crippen MR) is 92.2 cm³/mol. The molecule has 3 heteroatoms. The minimum atomic E-state index is 0.826. The summed E-state index contributed by atoms with van der Waals surface area (Å²) in [6.07, 6.45) is 0. The molecule has 0 saturated carbocycles. The number of furan rings is 1. The van der Waals surface area contributed by atoms with Crippen molar-refractivity contribution in [3.05, 3.63) is 60.1 Å². The smallest absolute Gasteiger partial charge is 0.126 e. The second-order valence-corrected chi connectivity index (χ2v) is 5.37. The fraction of sp³-hybridized carbons (Fsp3) is 0.200. The number of hydrogen-bond donors (Lipinski definition) is 0. The molecule has 0 spiro atoms. The zero-order valence-corrected chi connectivity index (χ0v) is 13.8. The van der Waals surface area contributed by atoms with E-state index in [4.69, 9.17) is 13.9 Å². The molecule has 1 aromatic heterocycles. The van der Waals surface area contributed by atoms with Crippen LogP contribution in [0.25, 0.3) is 22.3 Å². The Hall–Kier alpha value is -2.68. The van der Waals surface area contributed by atoms with Crippen molar-refractivity contribution >= 4 is 0 Å². The Morgan fingerprint density at radius 3 is 1.43 bits per heavy atom. The zero-order chi connectivity index (χ0) is 16.4. The largest absolute Gasteiger partial charge is 0.496 e. The lowest BCUT2D eigenvalue weighted by molar-refractivity contribution is 0.416. The molecular weight excluding hydrogens is 288 g/mol. The quantitative estimate of drug-likeness (QED) is 0.660. The number of ether oxygens (including phenoxy) is 2. The molecule has 0 radical (unpaired) electrons. The van der Waals surface area contributed by atoms with Gasteiger partial charge in [-0.05, 0) is 26.0 Å². The van der Waals surface area contributed by atoms with Crippen molar-refractivity contribution in [2.75, 3.05) is 14.2 Å². The summed E-state index contributed by atoms with van der Waals surface area (Å²) >= 11 is 0. The van der Waals surface area contributed by atoms with Gasteiger partial charge in [0.05, 0.1) is 14.2 Å². The van der Waals surface area contributed by atoms with Crippen LogP contribution in [0.1, 0.15) is 11.5 Å². The van der Waals surface area contributed by atoms with Crippen LogP contribution in [-0.4, -0.2) is 14.2 Å². The first kappa shape index (κ1) is 15.2. The average Bonchev–Trinajstić information content (AvgIpc) is 2.88. The van der Waals surface area contributed by atoms with Gasteiger partial charge in [-0.15, -0.1) is 0 Å². The standard InChI is InChI=1S/C20H20O3/c1-13-19(15-9-5-7-11-17(15)21-3)20(14(2)23-13)16-10-6-8-12-18(16)22-4/h5-12H,1-4H3. The van der Waals surface area contributed by atoms with Gasteiger partial charge in [-0.3, -0.25) is 0 Å². The Kier molecular flexibility index (Phi) is 4.11. The second kappa shape index (κ2) is 6.21. The van der Waals surface area contributed by atoms with Crippen LogP contribution in [0.4, 0.5) is 0 Å². The molecular formula is C20H20O3.